The van der Waals surface area contributed by atoms with Gasteiger partial charge in [-0.2, -0.15) is 0 Å². The summed E-state index contributed by atoms with van der Waals surface area (Å²) in [6.45, 7) is 5.39. The van der Waals surface area contributed by atoms with Crippen LogP contribution in [0.2, 0.25) is 0 Å². The fraction of sp³-hybridized carbons (Fsp3) is 0.667. The van der Waals surface area contributed by atoms with Crippen LogP contribution in [-0.2, 0) is 16.4 Å². The largest absolute Gasteiger partial charge is 0.311 e. The molecule has 1 unspecified atom stereocenters. The lowest BCUT2D eigenvalue weighted by molar-refractivity contribution is 0.227. The van der Waals surface area contributed by atoms with Crippen molar-refractivity contribution in [2.45, 2.75) is 19.5 Å². The molecule has 1 N–H and O–H groups in total. The molecule has 0 amide bonds. The van der Waals surface area contributed by atoms with Gasteiger partial charge in [0.2, 0.25) is 0 Å². The Balaban J connectivity index is 1.68. The third-order valence-electron chi connectivity index (χ3n) is 3.26. The van der Waals surface area contributed by atoms with Gasteiger partial charge in [-0.05, 0) is 18.4 Å². The Morgan fingerprint density at radius 2 is 2.39 bits per heavy atom. The van der Waals surface area contributed by atoms with E-state index in [1.165, 1.54) is 4.88 Å². The van der Waals surface area contributed by atoms with Gasteiger partial charge in [-0.25, -0.2) is 8.42 Å². The summed E-state index contributed by atoms with van der Waals surface area (Å²) in [7, 11) is -2.79. The van der Waals surface area contributed by atoms with Crippen molar-refractivity contribution in [3.8, 4) is 0 Å². The van der Waals surface area contributed by atoms with E-state index in [-0.39, 0.29) is 6.04 Å². The van der Waals surface area contributed by atoms with Crippen LogP contribution in [0.1, 0.15) is 11.8 Å². The van der Waals surface area contributed by atoms with Crippen LogP contribution in [0.5, 0.6) is 0 Å². The standard InChI is InChI=1S/C12H20N2O2S2/c1-11-10-18(15,16)8-6-14(11)5-4-13-9-12-3-2-7-17-12/h2-3,7,11,13H,4-6,8-10H2,1H3. The molecule has 1 atom stereocenters. The summed E-state index contributed by atoms with van der Waals surface area (Å²) in [5.74, 6) is 0.611. The van der Waals surface area contributed by atoms with E-state index in [0.29, 0.717) is 18.1 Å². The molecule has 1 aromatic heterocycles. The number of nitrogens with zero attached hydrogens (tertiary/aromatic N) is 1. The van der Waals surface area contributed by atoms with Crippen molar-refractivity contribution in [3.63, 3.8) is 0 Å². The zero-order valence-electron chi connectivity index (χ0n) is 10.6. The van der Waals surface area contributed by atoms with Gasteiger partial charge in [0.15, 0.2) is 9.84 Å². The van der Waals surface area contributed by atoms with Crippen molar-refractivity contribution in [2.24, 2.45) is 0 Å². The molecule has 4 nitrogen and oxygen atoms in total. The lowest BCUT2D eigenvalue weighted by atomic mass is 10.3. The monoisotopic (exact) mass is 288 g/mol. The molecule has 0 saturated carbocycles. The van der Waals surface area contributed by atoms with E-state index >= 15 is 0 Å². The van der Waals surface area contributed by atoms with Crippen molar-refractivity contribution in [1.82, 2.24) is 10.2 Å². The van der Waals surface area contributed by atoms with E-state index in [4.69, 9.17) is 0 Å². The molecule has 1 fully saturated rings. The highest BCUT2D eigenvalue weighted by Crippen LogP contribution is 2.11. The van der Waals surface area contributed by atoms with Crippen LogP contribution in [0.3, 0.4) is 0 Å². The molecule has 0 aliphatic carbocycles. The maximum Gasteiger partial charge on any atom is 0.153 e. The Hall–Kier alpha value is -0.430. The van der Waals surface area contributed by atoms with Gasteiger partial charge in [0.05, 0.1) is 11.5 Å². The van der Waals surface area contributed by atoms with Crippen molar-refractivity contribution in [3.05, 3.63) is 22.4 Å². The molecular weight excluding hydrogens is 268 g/mol. The smallest absolute Gasteiger partial charge is 0.153 e. The molecule has 6 heteroatoms. The highest BCUT2D eigenvalue weighted by Gasteiger charge is 2.27. The SMILES string of the molecule is CC1CS(=O)(=O)CCN1CCNCc1cccs1. The van der Waals surface area contributed by atoms with E-state index in [2.05, 4.69) is 27.7 Å². The molecule has 1 aromatic rings. The van der Waals surface area contributed by atoms with Crippen LogP contribution in [0.4, 0.5) is 0 Å². The van der Waals surface area contributed by atoms with Gasteiger partial charge >= 0.3 is 0 Å². The molecule has 1 saturated heterocycles. The lowest BCUT2D eigenvalue weighted by Crippen LogP contribution is -2.48. The second-order valence-corrected chi connectivity index (χ2v) is 8.02. The molecule has 18 heavy (non-hydrogen) atoms. The molecular formula is C12H20N2O2S2. The third-order valence-corrected chi connectivity index (χ3v) is 5.93. The van der Waals surface area contributed by atoms with Crippen molar-refractivity contribution < 1.29 is 8.42 Å². The molecule has 0 aromatic carbocycles. The summed E-state index contributed by atoms with van der Waals surface area (Å²) in [5.41, 5.74) is 0. The summed E-state index contributed by atoms with van der Waals surface area (Å²) in [5, 5.41) is 5.47. The molecule has 0 bridgehead atoms. The Morgan fingerprint density at radius 1 is 1.56 bits per heavy atom. The number of thiophene rings is 1. The number of rotatable bonds is 5. The first-order valence-electron chi connectivity index (χ1n) is 6.24. The maximum absolute atomic E-state index is 11.5. The Bertz CT molecular complexity index is 456. The van der Waals surface area contributed by atoms with Crippen molar-refractivity contribution in [2.75, 3.05) is 31.1 Å². The molecule has 2 rings (SSSR count). The molecule has 0 radical (unpaired) electrons. The van der Waals surface area contributed by atoms with Gasteiger partial charge in [0.25, 0.3) is 0 Å². The average Bonchev–Trinajstić information content (AvgIpc) is 2.78. The fourth-order valence-corrected chi connectivity index (χ4v) is 4.51. The number of hydrogen-bond donors (Lipinski definition) is 1. The van der Waals surface area contributed by atoms with E-state index in [0.717, 1.165) is 19.6 Å². The van der Waals surface area contributed by atoms with Gasteiger partial charge in [0.1, 0.15) is 0 Å². The highest BCUT2D eigenvalue weighted by atomic mass is 32.2. The molecule has 2 heterocycles. The van der Waals surface area contributed by atoms with Gasteiger partial charge in [-0.1, -0.05) is 6.07 Å². The zero-order valence-corrected chi connectivity index (χ0v) is 12.3. The van der Waals surface area contributed by atoms with E-state index in [1.54, 1.807) is 11.3 Å². The topological polar surface area (TPSA) is 49.4 Å². The summed E-state index contributed by atoms with van der Waals surface area (Å²) in [6.07, 6.45) is 0. The minimum atomic E-state index is -2.79. The minimum Gasteiger partial charge on any atom is -0.311 e. The zero-order chi connectivity index (χ0) is 13.0. The molecule has 102 valence electrons. The summed E-state index contributed by atoms with van der Waals surface area (Å²) in [4.78, 5) is 3.59. The van der Waals surface area contributed by atoms with Gasteiger partial charge in [-0.3, -0.25) is 4.90 Å². The first-order chi connectivity index (χ1) is 8.57. The summed E-state index contributed by atoms with van der Waals surface area (Å²) < 4.78 is 22.9. The first-order valence-corrected chi connectivity index (χ1v) is 8.94. The van der Waals surface area contributed by atoms with Crippen molar-refractivity contribution >= 4 is 21.2 Å². The third kappa shape index (κ3) is 4.05. The number of sulfone groups is 1. The fourth-order valence-electron chi connectivity index (χ4n) is 2.21. The Kier molecular flexibility index (Phi) is 4.77. The summed E-state index contributed by atoms with van der Waals surface area (Å²) in [6, 6.07) is 4.32. The Morgan fingerprint density at radius 3 is 3.06 bits per heavy atom. The van der Waals surface area contributed by atoms with Crippen LogP contribution >= 0.6 is 11.3 Å². The van der Waals surface area contributed by atoms with Gasteiger partial charge in [0, 0.05) is 37.1 Å². The van der Waals surface area contributed by atoms with Crippen LogP contribution in [-0.4, -0.2) is 50.5 Å². The van der Waals surface area contributed by atoms with Crippen LogP contribution in [0.15, 0.2) is 17.5 Å². The first kappa shape index (κ1) is 14.0. The minimum absolute atomic E-state index is 0.146. The van der Waals surface area contributed by atoms with Crippen LogP contribution in [0.25, 0.3) is 0 Å². The lowest BCUT2D eigenvalue weighted by Gasteiger charge is -2.33. The average molecular weight is 288 g/mol. The van der Waals surface area contributed by atoms with Crippen molar-refractivity contribution in [1.29, 1.82) is 0 Å². The predicted molar refractivity (Wildman–Crippen MR) is 75.7 cm³/mol. The quantitative estimate of drug-likeness (QED) is 0.820. The highest BCUT2D eigenvalue weighted by molar-refractivity contribution is 7.91. The van der Waals surface area contributed by atoms with Crippen LogP contribution < -0.4 is 5.32 Å². The Labute approximate surface area is 113 Å². The molecule has 1 aliphatic rings. The van der Waals surface area contributed by atoms with Gasteiger partial charge < -0.3 is 5.32 Å². The van der Waals surface area contributed by atoms with Gasteiger partial charge in [-0.15, -0.1) is 11.3 Å². The van der Waals surface area contributed by atoms with E-state index in [9.17, 15) is 8.42 Å². The van der Waals surface area contributed by atoms with Crippen LogP contribution in [0, 0.1) is 0 Å². The molecule has 0 spiro atoms. The maximum atomic E-state index is 11.5. The van der Waals surface area contributed by atoms with E-state index in [1.807, 2.05) is 6.92 Å². The second kappa shape index (κ2) is 6.14. The number of nitrogens with one attached hydrogen (secondary N) is 1. The predicted octanol–water partition coefficient (Wildman–Crippen LogP) is 0.957. The summed E-state index contributed by atoms with van der Waals surface area (Å²) >= 11 is 1.75. The second-order valence-electron chi connectivity index (χ2n) is 4.76. The molecule has 1 aliphatic heterocycles. The normalized spacial score (nSPS) is 24.2. The number of hydrogen-bond acceptors (Lipinski definition) is 5. The van der Waals surface area contributed by atoms with E-state index < -0.39 is 9.84 Å².